The van der Waals surface area contributed by atoms with Crippen LogP contribution in [0.5, 0.6) is 0 Å². The van der Waals surface area contributed by atoms with Crippen LogP contribution in [-0.4, -0.2) is 34.2 Å². The van der Waals surface area contributed by atoms with Crippen LogP contribution in [0.25, 0.3) is 27.9 Å². The fourth-order valence-electron chi connectivity index (χ4n) is 3.84. The number of carbonyl (C=O) groups excluding carboxylic acids is 1. The molecule has 0 saturated carbocycles. The third kappa shape index (κ3) is 3.27. The van der Waals surface area contributed by atoms with E-state index in [1.165, 1.54) is 23.5 Å². The molecule has 30 heavy (non-hydrogen) atoms. The third-order valence-electron chi connectivity index (χ3n) is 5.27. The summed E-state index contributed by atoms with van der Waals surface area (Å²) in [5.74, 6) is -0.851. The van der Waals surface area contributed by atoms with Crippen LogP contribution in [0.4, 0.5) is 10.1 Å². The number of anilines is 1. The van der Waals surface area contributed by atoms with Crippen molar-refractivity contribution in [3.63, 3.8) is 0 Å². The number of sulfonamides is 1. The molecule has 0 unspecified atom stereocenters. The van der Waals surface area contributed by atoms with Crippen LogP contribution in [0.1, 0.15) is 28.8 Å². The lowest BCUT2D eigenvalue weighted by molar-refractivity contribution is 0.0964. The van der Waals surface area contributed by atoms with Gasteiger partial charge in [-0.25, -0.2) is 12.8 Å². The van der Waals surface area contributed by atoms with Gasteiger partial charge < -0.3 is 9.73 Å². The molecular weight excluding hydrogens is 407 g/mol. The average molecular weight is 428 g/mol. The van der Waals surface area contributed by atoms with Crippen LogP contribution < -0.4 is 9.62 Å². The van der Waals surface area contributed by atoms with Gasteiger partial charge in [-0.1, -0.05) is 18.7 Å². The number of halogens is 1. The van der Waals surface area contributed by atoms with E-state index in [-0.39, 0.29) is 16.9 Å². The monoisotopic (exact) mass is 428 g/mol. The van der Waals surface area contributed by atoms with Crippen LogP contribution in [0, 0.1) is 5.82 Å². The maximum Gasteiger partial charge on any atom is 0.255 e. The lowest BCUT2D eigenvalue weighted by Crippen LogP contribution is -2.30. The molecular formula is C22H21FN2O4S. The molecule has 1 amide bonds. The standard InChI is InChI=1S/C22H21FN2O4S/c1-13-7-6-10-25(30(3,27)28)18-12-19-16(11-15(13)18)20(22(26)24-2)21(29-19)14-8-4-5-9-17(14)23/h4-5,8-9,11-12H,1,6-7,10H2,2-3H3,(H,24,26). The van der Waals surface area contributed by atoms with Crippen LogP contribution in [0.3, 0.4) is 0 Å². The summed E-state index contributed by atoms with van der Waals surface area (Å²) in [7, 11) is -2.04. The van der Waals surface area contributed by atoms with Crippen molar-refractivity contribution < 1.29 is 22.0 Å². The summed E-state index contributed by atoms with van der Waals surface area (Å²) in [6.45, 7) is 4.42. The van der Waals surface area contributed by atoms with Crippen molar-refractivity contribution in [2.24, 2.45) is 0 Å². The largest absolute Gasteiger partial charge is 0.455 e. The Bertz CT molecular complexity index is 1290. The second kappa shape index (κ2) is 7.28. The highest BCUT2D eigenvalue weighted by Gasteiger charge is 2.29. The molecule has 0 fully saturated rings. The van der Waals surface area contributed by atoms with Crippen LogP contribution >= 0.6 is 0 Å². The number of hydrogen-bond acceptors (Lipinski definition) is 4. The van der Waals surface area contributed by atoms with Crippen LogP contribution in [0.2, 0.25) is 0 Å². The maximum absolute atomic E-state index is 14.5. The number of nitrogens with zero attached hydrogens (tertiary/aromatic N) is 1. The molecule has 0 bridgehead atoms. The molecule has 3 aromatic rings. The molecule has 1 aliphatic rings. The van der Waals surface area contributed by atoms with Gasteiger partial charge in [-0.2, -0.15) is 0 Å². The number of furan rings is 1. The number of nitrogens with one attached hydrogen (secondary N) is 1. The molecule has 2 heterocycles. The summed E-state index contributed by atoms with van der Waals surface area (Å²) in [4.78, 5) is 12.7. The second-order valence-electron chi connectivity index (χ2n) is 7.27. The van der Waals surface area contributed by atoms with Crippen molar-refractivity contribution in [1.29, 1.82) is 0 Å². The predicted molar refractivity (Wildman–Crippen MR) is 115 cm³/mol. The van der Waals surface area contributed by atoms with E-state index in [2.05, 4.69) is 11.9 Å². The normalized spacial score (nSPS) is 14.5. The second-order valence-corrected chi connectivity index (χ2v) is 9.18. The van der Waals surface area contributed by atoms with Crippen molar-refractivity contribution in [2.45, 2.75) is 12.8 Å². The molecule has 0 spiro atoms. The Kier molecular flexibility index (Phi) is 4.89. The summed E-state index contributed by atoms with van der Waals surface area (Å²) in [5, 5.41) is 3.05. The fourth-order valence-corrected chi connectivity index (χ4v) is 4.81. The van der Waals surface area contributed by atoms with E-state index in [4.69, 9.17) is 4.42 Å². The van der Waals surface area contributed by atoms with E-state index in [0.29, 0.717) is 41.6 Å². The van der Waals surface area contributed by atoms with Crippen LogP contribution in [-0.2, 0) is 10.0 Å². The number of allylic oxidation sites excluding steroid dienone is 1. The lowest BCUT2D eigenvalue weighted by atomic mass is 9.98. The first-order chi connectivity index (χ1) is 14.2. The molecule has 1 aromatic heterocycles. The minimum atomic E-state index is -3.53. The first kappa shape index (κ1) is 20.2. The first-order valence-corrected chi connectivity index (χ1v) is 11.3. The van der Waals surface area contributed by atoms with Crippen molar-refractivity contribution in [3.8, 4) is 11.3 Å². The maximum atomic E-state index is 14.5. The third-order valence-corrected chi connectivity index (χ3v) is 6.45. The summed E-state index contributed by atoms with van der Waals surface area (Å²) < 4.78 is 46.5. The summed E-state index contributed by atoms with van der Waals surface area (Å²) in [6.07, 6.45) is 2.40. The first-order valence-electron chi connectivity index (χ1n) is 9.45. The minimum Gasteiger partial charge on any atom is -0.455 e. The van der Waals surface area contributed by atoms with Gasteiger partial charge in [0.2, 0.25) is 10.0 Å². The van der Waals surface area contributed by atoms with E-state index in [1.54, 1.807) is 24.3 Å². The number of fused-ring (bicyclic) bond motifs is 2. The van der Waals surface area contributed by atoms with E-state index >= 15 is 0 Å². The van der Waals surface area contributed by atoms with Gasteiger partial charge in [0, 0.05) is 30.6 Å². The topological polar surface area (TPSA) is 79.6 Å². The average Bonchev–Trinajstić information content (AvgIpc) is 2.98. The quantitative estimate of drug-likeness (QED) is 0.679. The zero-order valence-electron chi connectivity index (χ0n) is 16.7. The minimum absolute atomic E-state index is 0.0964. The smallest absolute Gasteiger partial charge is 0.255 e. The highest BCUT2D eigenvalue weighted by atomic mass is 32.2. The van der Waals surface area contributed by atoms with Gasteiger partial charge in [0.25, 0.3) is 5.91 Å². The molecule has 4 rings (SSSR count). The Balaban J connectivity index is 2.07. The highest BCUT2D eigenvalue weighted by Crippen LogP contribution is 2.42. The Morgan fingerprint density at radius 3 is 2.63 bits per heavy atom. The molecule has 2 aromatic carbocycles. The number of rotatable bonds is 3. The summed E-state index contributed by atoms with van der Waals surface area (Å²) >= 11 is 0. The molecule has 0 atom stereocenters. The molecule has 0 aliphatic carbocycles. The van der Waals surface area contributed by atoms with Gasteiger partial charge in [0.05, 0.1) is 23.1 Å². The van der Waals surface area contributed by atoms with E-state index < -0.39 is 21.7 Å². The molecule has 1 N–H and O–H groups in total. The number of hydrogen-bond donors (Lipinski definition) is 1. The molecule has 0 radical (unpaired) electrons. The van der Waals surface area contributed by atoms with Crippen molar-refractivity contribution in [2.75, 3.05) is 24.2 Å². The van der Waals surface area contributed by atoms with Gasteiger partial charge in [-0.15, -0.1) is 0 Å². The van der Waals surface area contributed by atoms with E-state index in [1.807, 2.05) is 0 Å². The van der Waals surface area contributed by atoms with Gasteiger partial charge in [-0.3, -0.25) is 9.10 Å². The van der Waals surface area contributed by atoms with Crippen molar-refractivity contribution in [3.05, 3.63) is 59.9 Å². The number of benzene rings is 2. The Morgan fingerprint density at radius 1 is 1.23 bits per heavy atom. The fraction of sp³-hybridized carbons (Fsp3) is 0.227. The molecule has 156 valence electrons. The van der Waals surface area contributed by atoms with Gasteiger partial charge >= 0.3 is 0 Å². The predicted octanol–water partition coefficient (Wildman–Crippen LogP) is 4.17. The SMILES string of the molecule is C=C1CCCN(S(C)(=O)=O)c2cc3oc(-c4ccccc4F)c(C(=O)NC)c3cc21. The zero-order valence-corrected chi connectivity index (χ0v) is 17.5. The van der Waals surface area contributed by atoms with Crippen molar-refractivity contribution >= 4 is 38.2 Å². The lowest BCUT2D eigenvalue weighted by Gasteiger charge is -2.22. The number of amides is 1. The molecule has 1 aliphatic heterocycles. The van der Waals surface area contributed by atoms with Gasteiger partial charge in [0.1, 0.15) is 11.4 Å². The van der Waals surface area contributed by atoms with E-state index in [0.717, 1.165) is 11.8 Å². The highest BCUT2D eigenvalue weighted by molar-refractivity contribution is 7.92. The van der Waals surface area contributed by atoms with E-state index in [9.17, 15) is 17.6 Å². The molecule has 6 nitrogen and oxygen atoms in total. The Labute approximate surface area is 174 Å². The zero-order chi connectivity index (χ0) is 21.6. The van der Waals surface area contributed by atoms with Gasteiger partial charge in [-0.05, 0) is 36.6 Å². The van der Waals surface area contributed by atoms with Crippen LogP contribution in [0.15, 0.2) is 47.4 Å². The molecule has 8 heteroatoms. The summed E-state index contributed by atoms with van der Waals surface area (Å²) in [6, 6.07) is 9.34. The van der Waals surface area contributed by atoms with Gasteiger partial charge in [0.15, 0.2) is 5.76 Å². The molecule has 0 saturated heterocycles. The summed E-state index contributed by atoms with van der Waals surface area (Å²) in [5.41, 5.74) is 2.51. The Morgan fingerprint density at radius 2 is 1.97 bits per heavy atom. The van der Waals surface area contributed by atoms with Crippen molar-refractivity contribution in [1.82, 2.24) is 5.32 Å². The Hall–Kier alpha value is -3.13. The number of carbonyl (C=O) groups is 1.